The van der Waals surface area contributed by atoms with Crippen molar-refractivity contribution in [1.82, 2.24) is 15.3 Å². The Hall–Kier alpha value is -3.62. The second-order valence-corrected chi connectivity index (χ2v) is 15.5. The average molecular weight is 698 g/mol. The number of thioether (sulfide) groups is 1. The normalized spacial score (nSPS) is 18.9. The van der Waals surface area contributed by atoms with Crippen molar-refractivity contribution in [2.24, 2.45) is 5.92 Å². The molecular weight excluding hydrogens is 650 g/mol. The molecule has 2 N–H and O–H groups in total. The van der Waals surface area contributed by atoms with Gasteiger partial charge in [-0.15, -0.1) is 11.8 Å². The Kier molecular flexibility index (Phi) is 12.1. The molecule has 9 heteroatoms. The minimum Gasteiger partial charge on any atom is -0.362 e. The maximum atomic E-state index is 13.7. The molecule has 7 nitrogen and oxygen atoms in total. The molecule has 2 saturated carbocycles. The smallest absolute Gasteiger partial charge is 0.233 e. The number of nitrogens with zero attached hydrogens (tertiary/aromatic N) is 3. The summed E-state index contributed by atoms with van der Waals surface area (Å²) in [6.07, 6.45) is 10.5. The van der Waals surface area contributed by atoms with E-state index in [0.717, 1.165) is 48.0 Å². The molecule has 1 amide bonds. The Morgan fingerprint density at radius 3 is 2.31 bits per heavy atom. The van der Waals surface area contributed by atoms with Crippen LogP contribution in [0.2, 0.25) is 5.02 Å². The van der Waals surface area contributed by atoms with Crippen LogP contribution in [0.5, 0.6) is 0 Å². The highest BCUT2D eigenvalue weighted by molar-refractivity contribution is 7.99. The molecule has 2 aliphatic carbocycles. The number of carbonyl (C=O) groups excluding carboxylic acids is 2. The molecule has 1 heterocycles. The lowest BCUT2D eigenvalue weighted by atomic mass is 9.84. The first-order valence-electron chi connectivity index (χ1n) is 17.8. The number of halogens is 1. The van der Waals surface area contributed by atoms with Gasteiger partial charge in [0.15, 0.2) is 5.78 Å². The van der Waals surface area contributed by atoms with Crippen LogP contribution in [-0.2, 0) is 10.5 Å². The number of Topliss-reactive ketones (excluding diaryl/α,β-unsaturated/α-hetero) is 1. The van der Waals surface area contributed by atoms with Crippen LogP contribution in [0.1, 0.15) is 91.6 Å². The summed E-state index contributed by atoms with van der Waals surface area (Å²) in [5.74, 6) is 3.13. The predicted molar refractivity (Wildman–Crippen MR) is 204 cm³/mol. The first kappa shape index (κ1) is 35.2. The lowest BCUT2D eigenvalue weighted by Crippen LogP contribution is -2.39. The van der Waals surface area contributed by atoms with E-state index in [9.17, 15) is 9.59 Å². The Balaban J connectivity index is 1.03. The fourth-order valence-corrected chi connectivity index (χ4v) is 8.40. The van der Waals surface area contributed by atoms with Crippen LogP contribution < -0.4 is 15.5 Å². The third kappa shape index (κ3) is 9.55. The molecule has 258 valence electrons. The fourth-order valence-electron chi connectivity index (χ4n) is 7.19. The Bertz CT molecular complexity index is 1700. The van der Waals surface area contributed by atoms with E-state index in [2.05, 4.69) is 28.8 Å². The summed E-state index contributed by atoms with van der Waals surface area (Å²) in [6.45, 7) is 0.616. The van der Waals surface area contributed by atoms with Crippen LogP contribution in [0, 0.1) is 5.92 Å². The number of aromatic nitrogens is 2. The number of benzene rings is 3. The monoisotopic (exact) mass is 697 g/mol. The topological polar surface area (TPSA) is 87.2 Å². The zero-order valence-corrected chi connectivity index (χ0v) is 30.2. The summed E-state index contributed by atoms with van der Waals surface area (Å²) in [4.78, 5) is 38.8. The highest BCUT2D eigenvalue weighted by Crippen LogP contribution is 2.33. The zero-order valence-electron chi connectivity index (χ0n) is 28.7. The molecule has 0 aliphatic heterocycles. The molecule has 1 atom stereocenters. The van der Waals surface area contributed by atoms with Gasteiger partial charge in [0.25, 0.3) is 0 Å². The van der Waals surface area contributed by atoms with Gasteiger partial charge in [-0.05, 0) is 85.8 Å². The van der Waals surface area contributed by atoms with E-state index in [0.29, 0.717) is 40.7 Å². The molecule has 49 heavy (non-hydrogen) atoms. The maximum absolute atomic E-state index is 13.7. The van der Waals surface area contributed by atoms with Crippen molar-refractivity contribution in [2.75, 3.05) is 30.9 Å². The fraction of sp³-hybridized carbons (Fsp3) is 0.450. The number of nitrogens with one attached hydrogen (secondary N) is 2. The standard InChI is InChI=1S/C40H48ClN5O2S/c1-46(2)38-34-10-6-7-11-35(34)44-40(45-38)43-33-22-14-27(15-23-33)25-42-39(48)37(49-26-28-12-20-32(41)21-13-28)24-36(47)31-18-16-30(17-19-31)29-8-4-3-5-9-29/h6-7,10-13,16-21,27,29,33,37H,3-5,8-9,14-15,22-26H2,1-2H3,(H,42,48)(H,43,44,45). The molecule has 2 aliphatic rings. The van der Waals surface area contributed by atoms with Gasteiger partial charge in [0, 0.05) is 54.8 Å². The van der Waals surface area contributed by atoms with Crippen LogP contribution in [0.25, 0.3) is 10.9 Å². The van der Waals surface area contributed by atoms with Crippen LogP contribution >= 0.6 is 23.4 Å². The van der Waals surface area contributed by atoms with Gasteiger partial charge in [-0.2, -0.15) is 4.98 Å². The summed E-state index contributed by atoms with van der Waals surface area (Å²) < 4.78 is 0. The summed E-state index contributed by atoms with van der Waals surface area (Å²) >= 11 is 7.62. The Morgan fingerprint density at radius 2 is 1.59 bits per heavy atom. The van der Waals surface area contributed by atoms with Crippen molar-refractivity contribution >= 4 is 57.7 Å². The van der Waals surface area contributed by atoms with Gasteiger partial charge in [0.1, 0.15) is 5.82 Å². The molecule has 2 fully saturated rings. The van der Waals surface area contributed by atoms with Gasteiger partial charge in [-0.1, -0.05) is 79.4 Å². The average Bonchev–Trinajstić information content (AvgIpc) is 3.13. The molecule has 3 aromatic carbocycles. The van der Waals surface area contributed by atoms with Crippen molar-refractivity contribution in [3.63, 3.8) is 0 Å². The molecule has 1 unspecified atom stereocenters. The quantitative estimate of drug-likeness (QED) is 0.135. The molecule has 6 rings (SSSR count). The van der Waals surface area contributed by atoms with E-state index in [1.165, 1.54) is 49.4 Å². The summed E-state index contributed by atoms with van der Waals surface area (Å²) in [6, 6.07) is 24.2. The maximum Gasteiger partial charge on any atom is 0.233 e. The van der Waals surface area contributed by atoms with Crippen LogP contribution in [-0.4, -0.2) is 53.6 Å². The van der Waals surface area contributed by atoms with Gasteiger partial charge >= 0.3 is 0 Å². The number of hydrogen-bond donors (Lipinski definition) is 2. The molecule has 0 saturated heterocycles. The Morgan fingerprint density at radius 1 is 0.878 bits per heavy atom. The van der Waals surface area contributed by atoms with Gasteiger partial charge < -0.3 is 15.5 Å². The van der Waals surface area contributed by atoms with E-state index in [-0.39, 0.29) is 24.2 Å². The van der Waals surface area contributed by atoms with Crippen molar-refractivity contribution in [1.29, 1.82) is 0 Å². The molecule has 0 radical (unpaired) electrons. The number of fused-ring (bicyclic) bond motifs is 1. The second kappa shape index (κ2) is 16.9. The minimum absolute atomic E-state index is 0.0128. The number of hydrogen-bond acceptors (Lipinski definition) is 7. The number of rotatable bonds is 13. The SMILES string of the molecule is CN(C)c1nc(NC2CCC(CNC(=O)C(CC(=O)c3ccc(C4CCCCC4)cc3)SCc3ccc(Cl)cc3)CC2)nc2ccccc12. The first-order valence-corrected chi connectivity index (χ1v) is 19.2. The summed E-state index contributed by atoms with van der Waals surface area (Å²) in [7, 11) is 4.01. The van der Waals surface area contributed by atoms with Crippen LogP contribution in [0.15, 0.2) is 72.8 Å². The number of para-hydroxylation sites is 1. The zero-order chi connectivity index (χ0) is 34.2. The first-order chi connectivity index (χ1) is 23.8. The molecule has 4 aromatic rings. The molecule has 0 bridgehead atoms. The van der Waals surface area contributed by atoms with E-state index >= 15 is 0 Å². The number of amides is 1. The van der Waals surface area contributed by atoms with Gasteiger partial charge in [0.2, 0.25) is 11.9 Å². The van der Waals surface area contributed by atoms with E-state index in [4.69, 9.17) is 21.6 Å². The number of carbonyl (C=O) groups is 2. The van der Waals surface area contributed by atoms with E-state index in [1.807, 2.05) is 73.6 Å². The third-order valence-electron chi connectivity index (χ3n) is 10.1. The largest absolute Gasteiger partial charge is 0.362 e. The molecule has 0 spiro atoms. The van der Waals surface area contributed by atoms with E-state index in [1.54, 1.807) is 0 Å². The van der Waals surface area contributed by atoms with Gasteiger partial charge in [-0.3, -0.25) is 9.59 Å². The van der Waals surface area contributed by atoms with Gasteiger partial charge in [0.05, 0.1) is 10.8 Å². The third-order valence-corrected chi connectivity index (χ3v) is 11.6. The highest BCUT2D eigenvalue weighted by Gasteiger charge is 2.27. The number of ketones is 1. The van der Waals surface area contributed by atoms with Crippen molar-refractivity contribution < 1.29 is 9.59 Å². The van der Waals surface area contributed by atoms with Gasteiger partial charge in [-0.25, -0.2) is 4.98 Å². The van der Waals surface area contributed by atoms with E-state index < -0.39 is 5.25 Å². The Labute approximate surface area is 300 Å². The summed E-state index contributed by atoms with van der Waals surface area (Å²) in [5.41, 5.74) is 4.02. The minimum atomic E-state index is -0.477. The van der Waals surface area contributed by atoms with Crippen molar-refractivity contribution in [3.8, 4) is 0 Å². The summed E-state index contributed by atoms with van der Waals surface area (Å²) in [5, 5.41) is 8.05. The van der Waals surface area contributed by atoms with Crippen molar-refractivity contribution in [3.05, 3.63) is 94.5 Å². The van der Waals surface area contributed by atoms with Crippen LogP contribution in [0.3, 0.4) is 0 Å². The molecule has 1 aromatic heterocycles. The van der Waals surface area contributed by atoms with Crippen molar-refractivity contribution in [2.45, 2.75) is 87.2 Å². The lowest BCUT2D eigenvalue weighted by molar-refractivity contribution is -0.120. The number of anilines is 2. The second-order valence-electron chi connectivity index (χ2n) is 13.9. The predicted octanol–water partition coefficient (Wildman–Crippen LogP) is 9.06. The highest BCUT2D eigenvalue weighted by atomic mass is 35.5. The van der Waals surface area contributed by atoms with Crippen LogP contribution in [0.4, 0.5) is 11.8 Å². The lowest BCUT2D eigenvalue weighted by Gasteiger charge is -2.30. The molecular formula is C40H48ClN5O2S.